The molecule has 338 valence electrons. The quantitative estimate of drug-likeness (QED) is 0.0728. The molecule has 0 aromatic heterocycles. The summed E-state index contributed by atoms with van der Waals surface area (Å²) in [5.74, 6) is 1.68. The largest absolute Gasteiger partial charge is 0.383 e. The SMILES string of the molecule is NC(=NC1=CCCCC1Cc1ccc(-c2ccccc2)cc1)c1ccc2c(c1)C(c1ccccc1)(C1CC=CCC1)c1cc(C(N)=Nc3ccccc3Cc3ccc(-c4ccccc4)cc3)ccc1-2. The molecule has 3 atom stereocenters. The first kappa shape index (κ1) is 43.7. The minimum Gasteiger partial charge on any atom is -0.383 e. The zero-order valence-corrected chi connectivity index (χ0v) is 39.1. The van der Waals surface area contributed by atoms with E-state index >= 15 is 0 Å². The molecule has 0 spiro atoms. The van der Waals surface area contributed by atoms with Crippen molar-refractivity contribution in [3.63, 3.8) is 0 Å². The number of allylic oxidation sites excluding steroid dienone is 4. The molecule has 0 radical (unpaired) electrons. The summed E-state index contributed by atoms with van der Waals surface area (Å²) in [7, 11) is 0. The van der Waals surface area contributed by atoms with Crippen LogP contribution in [0.25, 0.3) is 33.4 Å². The Morgan fingerprint density at radius 1 is 0.507 bits per heavy atom. The molecule has 3 aliphatic carbocycles. The molecule has 69 heavy (non-hydrogen) atoms. The number of fused-ring (bicyclic) bond motifs is 3. The summed E-state index contributed by atoms with van der Waals surface area (Å²) in [6, 6.07) is 72.1. The summed E-state index contributed by atoms with van der Waals surface area (Å²) in [5, 5.41) is 0. The van der Waals surface area contributed by atoms with Crippen LogP contribution in [0.5, 0.6) is 0 Å². The highest BCUT2D eigenvalue weighted by atomic mass is 14.9. The Morgan fingerprint density at radius 3 is 1.67 bits per heavy atom. The van der Waals surface area contributed by atoms with Gasteiger partial charge < -0.3 is 11.5 Å². The molecular formula is C65H58N4. The van der Waals surface area contributed by atoms with Crippen molar-refractivity contribution in [1.82, 2.24) is 0 Å². The molecule has 0 bridgehead atoms. The molecule has 0 saturated heterocycles. The van der Waals surface area contributed by atoms with E-state index < -0.39 is 5.41 Å². The Balaban J connectivity index is 0.933. The molecule has 8 aromatic carbocycles. The standard InChI is InChI=1S/C65H58N4/c66-63(68-61-27-15-13-21-51(61)41-45-29-33-49(34-30-45)47-17-5-1-6-18-47)53-37-39-57-58-40-38-54(44-60(58)65(59(57)43-53,55-23-9-3-10-24-55)56-25-11-4-12-26-56)64(67)69-62-28-16-14-22-52(62)42-46-31-35-50(36-32-46)48-19-7-2-8-20-48/h1-11,13,15,17-21,23-24,27-40,43-44,52,56H,12,14,16,22,25-26,41-42H2,(H2,66,68)(H2,67,69). The Bertz CT molecular complexity index is 3220. The topological polar surface area (TPSA) is 76.8 Å². The number of para-hydroxylation sites is 1. The molecule has 4 nitrogen and oxygen atoms in total. The summed E-state index contributed by atoms with van der Waals surface area (Å²) in [6.45, 7) is 0. The van der Waals surface area contributed by atoms with E-state index in [2.05, 4.69) is 212 Å². The number of nitrogens with zero attached hydrogens (tertiary/aromatic N) is 2. The van der Waals surface area contributed by atoms with E-state index in [4.69, 9.17) is 21.5 Å². The predicted octanol–water partition coefficient (Wildman–Crippen LogP) is 15.0. The van der Waals surface area contributed by atoms with E-state index in [-0.39, 0.29) is 0 Å². The average Bonchev–Trinajstić information content (AvgIpc) is 3.71. The first-order valence-electron chi connectivity index (χ1n) is 24.8. The van der Waals surface area contributed by atoms with Gasteiger partial charge in [0, 0.05) is 28.2 Å². The van der Waals surface area contributed by atoms with Crippen LogP contribution in [0.1, 0.15) is 83.0 Å². The molecule has 0 amide bonds. The fraction of sp³-hybridized carbons (Fsp3) is 0.169. The number of benzene rings is 8. The summed E-state index contributed by atoms with van der Waals surface area (Å²) in [6.07, 6.45) is 15.1. The van der Waals surface area contributed by atoms with Gasteiger partial charge in [0.2, 0.25) is 0 Å². The number of hydrogen-bond acceptors (Lipinski definition) is 2. The zero-order valence-electron chi connectivity index (χ0n) is 39.1. The lowest BCUT2D eigenvalue weighted by Crippen LogP contribution is -2.37. The van der Waals surface area contributed by atoms with Crippen molar-refractivity contribution < 1.29 is 0 Å². The van der Waals surface area contributed by atoms with Gasteiger partial charge in [0.1, 0.15) is 11.7 Å². The monoisotopic (exact) mass is 894 g/mol. The van der Waals surface area contributed by atoms with Gasteiger partial charge in [0.15, 0.2) is 0 Å². The number of nitrogens with two attached hydrogens (primary N) is 2. The van der Waals surface area contributed by atoms with Gasteiger partial charge in [0.05, 0.1) is 5.69 Å². The Labute approximate surface area is 407 Å². The van der Waals surface area contributed by atoms with Gasteiger partial charge in [0.25, 0.3) is 0 Å². The van der Waals surface area contributed by atoms with Gasteiger partial charge in [-0.25, -0.2) is 9.98 Å². The van der Waals surface area contributed by atoms with E-state index in [1.54, 1.807) is 0 Å². The molecule has 0 saturated carbocycles. The third-order valence-electron chi connectivity index (χ3n) is 14.9. The zero-order chi connectivity index (χ0) is 46.6. The predicted molar refractivity (Wildman–Crippen MR) is 288 cm³/mol. The van der Waals surface area contributed by atoms with Gasteiger partial charge in [-0.2, -0.15) is 0 Å². The Morgan fingerprint density at radius 2 is 1.06 bits per heavy atom. The van der Waals surface area contributed by atoms with Gasteiger partial charge in [-0.15, -0.1) is 0 Å². The van der Waals surface area contributed by atoms with Crippen LogP contribution in [0.2, 0.25) is 0 Å². The first-order valence-corrected chi connectivity index (χ1v) is 24.8. The fourth-order valence-electron chi connectivity index (χ4n) is 11.4. The number of hydrogen-bond donors (Lipinski definition) is 2. The molecule has 0 aliphatic heterocycles. The van der Waals surface area contributed by atoms with E-state index in [0.29, 0.717) is 23.5 Å². The van der Waals surface area contributed by atoms with Crippen molar-refractivity contribution in [2.24, 2.45) is 33.3 Å². The van der Waals surface area contributed by atoms with E-state index in [9.17, 15) is 0 Å². The van der Waals surface area contributed by atoms with E-state index in [1.807, 2.05) is 6.07 Å². The molecule has 3 aliphatic rings. The second-order valence-electron chi connectivity index (χ2n) is 19.1. The minimum absolute atomic E-state index is 0.305. The highest BCUT2D eigenvalue weighted by Gasteiger charge is 2.50. The van der Waals surface area contributed by atoms with Crippen molar-refractivity contribution in [2.75, 3.05) is 0 Å². The smallest absolute Gasteiger partial charge is 0.131 e. The second kappa shape index (κ2) is 19.4. The maximum Gasteiger partial charge on any atom is 0.131 e. The van der Waals surface area contributed by atoms with Crippen LogP contribution < -0.4 is 11.5 Å². The number of amidine groups is 2. The maximum atomic E-state index is 7.16. The van der Waals surface area contributed by atoms with Gasteiger partial charge in [-0.3, -0.25) is 0 Å². The molecule has 11 rings (SSSR count). The highest BCUT2D eigenvalue weighted by molar-refractivity contribution is 6.02. The lowest BCUT2D eigenvalue weighted by atomic mass is 9.61. The van der Waals surface area contributed by atoms with Crippen LogP contribution in [0.15, 0.2) is 234 Å². The third-order valence-corrected chi connectivity index (χ3v) is 14.9. The van der Waals surface area contributed by atoms with E-state index in [1.165, 1.54) is 61.2 Å². The second-order valence-corrected chi connectivity index (χ2v) is 19.1. The lowest BCUT2D eigenvalue weighted by Gasteiger charge is -2.41. The third kappa shape index (κ3) is 8.80. The summed E-state index contributed by atoms with van der Waals surface area (Å²) in [5.41, 5.74) is 32.6. The van der Waals surface area contributed by atoms with Crippen molar-refractivity contribution in [1.29, 1.82) is 0 Å². The van der Waals surface area contributed by atoms with Crippen LogP contribution in [-0.4, -0.2) is 11.7 Å². The number of aliphatic imine (C=N–C) groups is 2. The summed E-state index contributed by atoms with van der Waals surface area (Å²) < 4.78 is 0. The summed E-state index contributed by atoms with van der Waals surface area (Å²) in [4.78, 5) is 10.5. The highest BCUT2D eigenvalue weighted by Crippen LogP contribution is 2.59. The molecular weight excluding hydrogens is 837 g/mol. The summed E-state index contributed by atoms with van der Waals surface area (Å²) >= 11 is 0. The lowest BCUT2D eigenvalue weighted by molar-refractivity contribution is 0.349. The molecule has 0 fully saturated rings. The molecule has 4 N–H and O–H groups in total. The van der Waals surface area contributed by atoms with Crippen LogP contribution in [0, 0.1) is 11.8 Å². The fourth-order valence-corrected chi connectivity index (χ4v) is 11.4. The van der Waals surface area contributed by atoms with Gasteiger partial charge in [-0.1, -0.05) is 200 Å². The molecule has 3 unspecified atom stereocenters. The Kier molecular flexibility index (Phi) is 12.3. The van der Waals surface area contributed by atoms with Crippen LogP contribution >= 0.6 is 0 Å². The molecule has 4 heteroatoms. The van der Waals surface area contributed by atoms with Crippen LogP contribution in [-0.2, 0) is 18.3 Å². The number of rotatable bonds is 12. The van der Waals surface area contributed by atoms with Crippen molar-refractivity contribution >= 4 is 17.4 Å². The van der Waals surface area contributed by atoms with Crippen LogP contribution in [0.4, 0.5) is 5.69 Å². The maximum absolute atomic E-state index is 7.16. The van der Waals surface area contributed by atoms with Crippen molar-refractivity contribution in [2.45, 2.75) is 56.8 Å². The first-order chi connectivity index (χ1) is 34.0. The minimum atomic E-state index is -0.453. The average molecular weight is 895 g/mol. The van der Waals surface area contributed by atoms with Crippen molar-refractivity contribution in [3.8, 4) is 33.4 Å². The molecule has 0 heterocycles. The van der Waals surface area contributed by atoms with Gasteiger partial charge in [-0.05, 0) is 142 Å². The van der Waals surface area contributed by atoms with Crippen molar-refractivity contribution in [3.05, 3.63) is 269 Å². The molecule has 8 aromatic rings. The van der Waals surface area contributed by atoms with E-state index in [0.717, 1.165) is 79.4 Å². The van der Waals surface area contributed by atoms with Gasteiger partial charge >= 0.3 is 0 Å². The normalized spacial score (nSPS) is 18.9. The Hall–Kier alpha value is -7.82. The van der Waals surface area contributed by atoms with Crippen LogP contribution in [0.3, 0.4) is 0 Å².